The standard InChI is InChI=1S/C19H21N5O2/c1-26-15-3-2-13-10-17(23-16(13)11-15)19(25)24-8-5-14(6-9-24)22-18-4-7-20-12-21-18/h2-4,7,10-12,14,23H,5-6,8-9H2,1H3,(H,20,21,22). The van der Waals surface area contributed by atoms with E-state index in [2.05, 4.69) is 20.3 Å². The van der Waals surface area contributed by atoms with Gasteiger partial charge < -0.3 is 19.9 Å². The molecule has 1 amide bonds. The number of H-pyrrole nitrogens is 1. The Kier molecular flexibility index (Phi) is 4.43. The van der Waals surface area contributed by atoms with Crippen molar-refractivity contribution in [2.45, 2.75) is 18.9 Å². The number of aromatic amines is 1. The first kappa shape index (κ1) is 16.4. The van der Waals surface area contributed by atoms with Gasteiger partial charge in [-0.2, -0.15) is 0 Å². The van der Waals surface area contributed by atoms with E-state index in [1.807, 2.05) is 35.2 Å². The number of carbonyl (C=O) groups excluding carboxylic acids is 1. The number of piperidine rings is 1. The van der Waals surface area contributed by atoms with Gasteiger partial charge in [0, 0.05) is 42.3 Å². The number of aromatic nitrogens is 3. The van der Waals surface area contributed by atoms with Crippen molar-refractivity contribution < 1.29 is 9.53 Å². The molecule has 0 atom stereocenters. The van der Waals surface area contributed by atoms with Crippen molar-refractivity contribution in [3.63, 3.8) is 0 Å². The molecule has 2 N–H and O–H groups in total. The fourth-order valence-electron chi connectivity index (χ4n) is 3.33. The molecule has 7 heteroatoms. The summed E-state index contributed by atoms with van der Waals surface area (Å²) in [5.74, 6) is 1.64. The van der Waals surface area contributed by atoms with Crippen molar-refractivity contribution in [3.8, 4) is 5.75 Å². The summed E-state index contributed by atoms with van der Waals surface area (Å²) in [4.78, 5) is 26.0. The van der Waals surface area contributed by atoms with Crippen LogP contribution in [0.1, 0.15) is 23.3 Å². The van der Waals surface area contributed by atoms with Crippen LogP contribution in [0.5, 0.6) is 5.75 Å². The zero-order valence-corrected chi connectivity index (χ0v) is 14.6. The van der Waals surface area contributed by atoms with Crippen LogP contribution in [0.15, 0.2) is 42.9 Å². The molecule has 3 aromatic rings. The molecule has 3 heterocycles. The fourth-order valence-corrected chi connectivity index (χ4v) is 3.33. The van der Waals surface area contributed by atoms with Crippen LogP contribution in [0.3, 0.4) is 0 Å². The molecule has 7 nitrogen and oxygen atoms in total. The third-order valence-electron chi connectivity index (χ3n) is 4.78. The van der Waals surface area contributed by atoms with Gasteiger partial charge in [0.25, 0.3) is 5.91 Å². The second-order valence-corrected chi connectivity index (χ2v) is 6.44. The van der Waals surface area contributed by atoms with Gasteiger partial charge in [0.1, 0.15) is 23.6 Å². The van der Waals surface area contributed by atoms with Gasteiger partial charge in [-0.25, -0.2) is 9.97 Å². The van der Waals surface area contributed by atoms with E-state index in [4.69, 9.17) is 4.74 Å². The number of fused-ring (bicyclic) bond motifs is 1. The molecular weight excluding hydrogens is 330 g/mol. The average Bonchev–Trinajstić information content (AvgIpc) is 3.12. The van der Waals surface area contributed by atoms with Gasteiger partial charge in [0.15, 0.2) is 0 Å². The minimum absolute atomic E-state index is 0.0423. The Balaban J connectivity index is 1.40. The van der Waals surface area contributed by atoms with Crippen molar-refractivity contribution in [2.24, 2.45) is 0 Å². The van der Waals surface area contributed by atoms with Crippen molar-refractivity contribution >= 4 is 22.6 Å². The Morgan fingerprint density at radius 3 is 2.85 bits per heavy atom. The first-order chi connectivity index (χ1) is 12.7. The smallest absolute Gasteiger partial charge is 0.270 e. The summed E-state index contributed by atoms with van der Waals surface area (Å²) in [5.41, 5.74) is 1.53. The molecule has 2 aromatic heterocycles. The normalized spacial score (nSPS) is 15.2. The lowest BCUT2D eigenvalue weighted by atomic mass is 10.0. The summed E-state index contributed by atoms with van der Waals surface area (Å²) < 4.78 is 5.24. The van der Waals surface area contributed by atoms with Crippen LogP contribution in [0.25, 0.3) is 10.9 Å². The van der Waals surface area contributed by atoms with Crippen molar-refractivity contribution in [2.75, 3.05) is 25.5 Å². The number of anilines is 1. The van der Waals surface area contributed by atoms with Crippen LogP contribution in [0.4, 0.5) is 5.82 Å². The van der Waals surface area contributed by atoms with E-state index in [1.165, 1.54) is 6.33 Å². The van der Waals surface area contributed by atoms with Gasteiger partial charge in [-0.05, 0) is 37.1 Å². The highest BCUT2D eigenvalue weighted by Crippen LogP contribution is 2.23. The van der Waals surface area contributed by atoms with E-state index in [1.54, 1.807) is 13.3 Å². The molecule has 0 spiro atoms. The van der Waals surface area contributed by atoms with E-state index in [9.17, 15) is 4.79 Å². The number of methoxy groups -OCH3 is 1. The van der Waals surface area contributed by atoms with E-state index in [0.29, 0.717) is 11.7 Å². The van der Waals surface area contributed by atoms with Gasteiger partial charge >= 0.3 is 0 Å². The largest absolute Gasteiger partial charge is 0.497 e. The highest BCUT2D eigenvalue weighted by atomic mass is 16.5. The summed E-state index contributed by atoms with van der Waals surface area (Å²) in [5, 5.41) is 4.41. The molecule has 1 fully saturated rings. The lowest BCUT2D eigenvalue weighted by molar-refractivity contribution is 0.0713. The Morgan fingerprint density at radius 1 is 1.27 bits per heavy atom. The number of carbonyl (C=O) groups is 1. The predicted molar refractivity (Wildman–Crippen MR) is 99.4 cm³/mol. The van der Waals surface area contributed by atoms with Gasteiger partial charge in [0.2, 0.25) is 0 Å². The van der Waals surface area contributed by atoms with E-state index < -0.39 is 0 Å². The van der Waals surface area contributed by atoms with Crippen LogP contribution in [0, 0.1) is 0 Å². The quantitative estimate of drug-likeness (QED) is 0.755. The molecule has 1 aliphatic heterocycles. The topological polar surface area (TPSA) is 83.1 Å². The summed E-state index contributed by atoms with van der Waals surface area (Å²) in [6.07, 6.45) is 5.04. The lowest BCUT2D eigenvalue weighted by Crippen LogP contribution is -2.42. The monoisotopic (exact) mass is 351 g/mol. The summed E-state index contributed by atoms with van der Waals surface area (Å²) in [6.45, 7) is 1.44. The maximum Gasteiger partial charge on any atom is 0.270 e. The number of rotatable bonds is 4. The zero-order chi connectivity index (χ0) is 17.9. The molecule has 26 heavy (non-hydrogen) atoms. The molecule has 0 radical (unpaired) electrons. The number of hydrogen-bond acceptors (Lipinski definition) is 5. The summed E-state index contributed by atoms with van der Waals surface area (Å²) in [6, 6.07) is 9.84. The predicted octanol–water partition coefficient (Wildman–Crippen LogP) is 2.68. The number of amides is 1. The van der Waals surface area contributed by atoms with E-state index >= 15 is 0 Å². The van der Waals surface area contributed by atoms with E-state index in [0.717, 1.165) is 48.4 Å². The molecular formula is C19H21N5O2. The third kappa shape index (κ3) is 3.33. The van der Waals surface area contributed by atoms with Crippen molar-refractivity contribution in [1.29, 1.82) is 0 Å². The lowest BCUT2D eigenvalue weighted by Gasteiger charge is -2.32. The molecule has 0 unspecified atom stereocenters. The van der Waals surface area contributed by atoms with E-state index in [-0.39, 0.29) is 5.91 Å². The molecule has 0 aliphatic carbocycles. The first-order valence-electron chi connectivity index (χ1n) is 8.71. The number of likely N-dealkylation sites (tertiary alicyclic amines) is 1. The number of ether oxygens (including phenoxy) is 1. The molecule has 1 aromatic carbocycles. The number of nitrogens with zero attached hydrogens (tertiary/aromatic N) is 3. The van der Waals surface area contributed by atoms with Crippen LogP contribution in [-0.2, 0) is 0 Å². The van der Waals surface area contributed by atoms with Gasteiger partial charge in [0.05, 0.1) is 7.11 Å². The number of nitrogens with one attached hydrogen (secondary N) is 2. The Bertz CT molecular complexity index is 901. The fraction of sp³-hybridized carbons (Fsp3) is 0.316. The second-order valence-electron chi connectivity index (χ2n) is 6.44. The molecule has 1 saturated heterocycles. The summed E-state index contributed by atoms with van der Waals surface area (Å²) in [7, 11) is 1.63. The van der Waals surface area contributed by atoms with Crippen molar-refractivity contribution in [1.82, 2.24) is 19.9 Å². The minimum Gasteiger partial charge on any atom is -0.497 e. The highest BCUT2D eigenvalue weighted by Gasteiger charge is 2.24. The Morgan fingerprint density at radius 2 is 2.12 bits per heavy atom. The van der Waals surface area contributed by atoms with Gasteiger partial charge in [-0.3, -0.25) is 4.79 Å². The summed E-state index contributed by atoms with van der Waals surface area (Å²) >= 11 is 0. The molecule has 4 rings (SSSR count). The third-order valence-corrected chi connectivity index (χ3v) is 4.78. The maximum absolute atomic E-state index is 12.8. The minimum atomic E-state index is 0.0423. The highest BCUT2D eigenvalue weighted by molar-refractivity contribution is 5.98. The molecule has 1 aliphatic rings. The molecule has 0 bridgehead atoms. The first-order valence-corrected chi connectivity index (χ1v) is 8.71. The number of benzene rings is 1. The SMILES string of the molecule is COc1ccc2cc(C(=O)N3CCC(Nc4ccncn4)CC3)[nH]c2c1. The van der Waals surface area contributed by atoms with Crippen LogP contribution < -0.4 is 10.1 Å². The Hall–Kier alpha value is -3.09. The zero-order valence-electron chi connectivity index (χ0n) is 14.6. The molecule has 134 valence electrons. The number of hydrogen-bond donors (Lipinski definition) is 2. The van der Waals surface area contributed by atoms with Crippen LogP contribution in [0.2, 0.25) is 0 Å². The Labute approximate surface area is 151 Å². The van der Waals surface area contributed by atoms with Gasteiger partial charge in [-0.1, -0.05) is 0 Å². The average molecular weight is 351 g/mol. The van der Waals surface area contributed by atoms with Crippen molar-refractivity contribution in [3.05, 3.63) is 48.5 Å². The maximum atomic E-state index is 12.8. The van der Waals surface area contributed by atoms with Crippen LogP contribution in [-0.4, -0.2) is 52.0 Å². The molecule has 0 saturated carbocycles. The second kappa shape index (κ2) is 7.03. The van der Waals surface area contributed by atoms with Gasteiger partial charge in [-0.15, -0.1) is 0 Å². The van der Waals surface area contributed by atoms with Crippen LogP contribution >= 0.6 is 0 Å².